The minimum Gasteiger partial charge on any atom is -0.490 e. The smallest absolute Gasteiger partial charge is 0.417 e. The average molecular weight is 591 g/mol. The topological polar surface area (TPSA) is 78.7 Å². The summed E-state index contributed by atoms with van der Waals surface area (Å²) in [7, 11) is 0. The van der Waals surface area contributed by atoms with Crippen LogP contribution < -0.4 is 9.64 Å². The molecule has 1 saturated carbocycles. The van der Waals surface area contributed by atoms with Gasteiger partial charge in [-0.25, -0.2) is 4.98 Å². The van der Waals surface area contributed by atoms with E-state index in [1.165, 1.54) is 12.1 Å². The van der Waals surface area contributed by atoms with Gasteiger partial charge in [-0.15, -0.1) is 0 Å². The van der Waals surface area contributed by atoms with Gasteiger partial charge in [-0.3, -0.25) is 4.79 Å². The summed E-state index contributed by atoms with van der Waals surface area (Å²) in [6.45, 7) is 1.20. The van der Waals surface area contributed by atoms with Crippen molar-refractivity contribution in [1.29, 1.82) is 5.26 Å². The maximum atomic E-state index is 13.2. The molecule has 0 radical (unpaired) electrons. The van der Waals surface area contributed by atoms with Crippen LogP contribution in [-0.4, -0.2) is 60.8 Å². The summed E-state index contributed by atoms with van der Waals surface area (Å²) in [4.78, 5) is 19.8. The lowest BCUT2D eigenvalue weighted by Gasteiger charge is -2.36. The van der Waals surface area contributed by atoms with Gasteiger partial charge >= 0.3 is 12.4 Å². The Bertz CT molecular complexity index is 1250. The van der Waals surface area contributed by atoms with Crippen molar-refractivity contribution in [2.75, 3.05) is 37.7 Å². The van der Waals surface area contributed by atoms with E-state index in [-0.39, 0.29) is 41.3 Å². The second-order valence-corrected chi connectivity index (χ2v) is 9.95. The molecule has 0 spiro atoms. The highest BCUT2D eigenvalue weighted by Crippen LogP contribution is 2.36. The Morgan fingerprint density at radius 3 is 2.23 bits per heavy atom. The number of carbonyl (C=O) groups is 1. The highest BCUT2D eigenvalue weighted by atomic mass is 35.5. The van der Waals surface area contributed by atoms with Gasteiger partial charge in [-0.1, -0.05) is 11.6 Å². The Balaban J connectivity index is 1.20. The minimum absolute atomic E-state index is 0.0396. The molecule has 0 bridgehead atoms. The molecule has 0 atom stereocenters. The molecule has 1 aromatic carbocycles. The van der Waals surface area contributed by atoms with E-state index in [0.717, 1.165) is 24.4 Å². The molecule has 2 aliphatic rings. The molecule has 14 heteroatoms. The summed E-state index contributed by atoms with van der Waals surface area (Å²) in [6.07, 6.45) is -6.82. The fourth-order valence-electron chi connectivity index (χ4n) is 4.70. The van der Waals surface area contributed by atoms with Crippen molar-refractivity contribution in [3.05, 3.63) is 52.2 Å². The maximum absolute atomic E-state index is 13.2. The van der Waals surface area contributed by atoms with E-state index in [2.05, 4.69) is 4.98 Å². The number of halogens is 7. The van der Waals surface area contributed by atoms with Crippen molar-refractivity contribution < 1.29 is 40.6 Å². The molecule has 2 aromatic rings. The number of pyridine rings is 1. The van der Waals surface area contributed by atoms with E-state index in [1.54, 1.807) is 9.80 Å². The first-order chi connectivity index (χ1) is 18.8. The lowest BCUT2D eigenvalue weighted by molar-refractivity contribution is -0.140. The van der Waals surface area contributed by atoms with Gasteiger partial charge in [0.2, 0.25) is 5.91 Å². The normalized spacial score (nSPS) is 20.2. The number of amides is 1. The molecular formula is C26H25ClF6N4O3. The summed E-state index contributed by atoms with van der Waals surface area (Å²) in [6, 6.07) is 5.64. The van der Waals surface area contributed by atoms with Crippen LogP contribution in [0, 0.1) is 11.3 Å². The van der Waals surface area contributed by atoms with Gasteiger partial charge in [0.1, 0.15) is 18.2 Å². The standard InChI is InChI=1S/C26H25ClF6N4O3/c27-22-11-17(25(28,29)30)14-35-24(22)37-9-7-36(8-10-37)23(38)15-39-18-3-5-19(6-4-18)40-20-2-1-16(13-34)21(12-20)26(31,32)33/h1-2,11-12,14,18-19H,3-10,15H2/t18-,19-. The molecule has 40 heavy (non-hydrogen) atoms. The zero-order valence-electron chi connectivity index (χ0n) is 21.1. The van der Waals surface area contributed by atoms with Crippen LogP contribution in [0.1, 0.15) is 42.4 Å². The summed E-state index contributed by atoms with van der Waals surface area (Å²) >= 11 is 6.03. The molecule has 0 N–H and O–H groups in total. The number of aromatic nitrogens is 1. The van der Waals surface area contributed by atoms with Gasteiger partial charge in [0.15, 0.2) is 0 Å². The Hall–Kier alpha value is -3.24. The number of carbonyl (C=O) groups excluding carboxylic acids is 1. The van der Waals surface area contributed by atoms with E-state index in [1.807, 2.05) is 0 Å². The van der Waals surface area contributed by atoms with Crippen LogP contribution in [0.5, 0.6) is 5.75 Å². The molecule has 1 saturated heterocycles. The fourth-order valence-corrected chi connectivity index (χ4v) is 4.99. The Morgan fingerprint density at radius 2 is 1.65 bits per heavy atom. The maximum Gasteiger partial charge on any atom is 0.417 e. The molecule has 1 aliphatic carbocycles. The van der Waals surface area contributed by atoms with Gasteiger partial charge in [0.05, 0.1) is 40.0 Å². The predicted molar refractivity (Wildman–Crippen MR) is 132 cm³/mol. The van der Waals surface area contributed by atoms with Crippen LogP contribution >= 0.6 is 11.6 Å². The van der Waals surface area contributed by atoms with Crippen molar-refractivity contribution in [3.63, 3.8) is 0 Å². The molecule has 4 rings (SSSR count). The number of hydrogen-bond donors (Lipinski definition) is 0. The summed E-state index contributed by atoms with van der Waals surface area (Å²) in [5, 5.41) is 8.81. The van der Waals surface area contributed by atoms with E-state index >= 15 is 0 Å². The lowest BCUT2D eigenvalue weighted by atomic mass is 9.95. The van der Waals surface area contributed by atoms with E-state index in [0.29, 0.717) is 51.9 Å². The second kappa shape index (κ2) is 12.1. The summed E-state index contributed by atoms with van der Waals surface area (Å²) < 4.78 is 89.6. The quantitative estimate of drug-likeness (QED) is 0.402. The molecular weight excluding hydrogens is 566 g/mol. The monoisotopic (exact) mass is 590 g/mol. The average Bonchev–Trinajstić information content (AvgIpc) is 2.91. The number of anilines is 1. The summed E-state index contributed by atoms with van der Waals surface area (Å²) in [5.74, 6) is 0.0483. The van der Waals surface area contributed by atoms with Crippen LogP contribution in [0.2, 0.25) is 5.02 Å². The van der Waals surface area contributed by atoms with E-state index in [4.69, 9.17) is 26.3 Å². The number of ether oxygens (including phenoxy) is 2. The van der Waals surface area contributed by atoms with E-state index in [9.17, 15) is 31.1 Å². The molecule has 0 unspecified atom stereocenters. The highest BCUT2D eigenvalue weighted by molar-refractivity contribution is 6.33. The molecule has 2 fully saturated rings. The van der Waals surface area contributed by atoms with Crippen LogP contribution in [0.4, 0.5) is 32.2 Å². The van der Waals surface area contributed by atoms with Crippen LogP contribution in [0.3, 0.4) is 0 Å². The first kappa shape index (κ1) is 29.7. The van der Waals surface area contributed by atoms with Crippen LogP contribution in [0.25, 0.3) is 0 Å². The Kier molecular flexibility index (Phi) is 8.99. The van der Waals surface area contributed by atoms with Crippen molar-refractivity contribution in [2.45, 2.75) is 50.2 Å². The number of piperazine rings is 1. The van der Waals surface area contributed by atoms with Gasteiger partial charge in [0, 0.05) is 32.4 Å². The molecule has 1 aromatic heterocycles. The minimum atomic E-state index is -4.67. The molecule has 1 amide bonds. The number of benzene rings is 1. The van der Waals surface area contributed by atoms with Gasteiger partial charge in [-0.05, 0) is 49.9 Å². The highest BCUT2D eigenvalue weighted by Gasteiger charge is 2.35. The first-order valence-corrected chi connectivity index (χ1v) is 12.9. The zero-order valence-corrected chi connectivity index (χ0v) is 21.8. The number of rotatable bonds is 6. The van der Waals surface area contributed by atoms with Gasteiger partial charge in [0.25, 0.3) is 0 Å². The zero-order chi connectivity index (χ0) is 29.1. The Morgan fingerprint density at radius 1 is 1.00 bits per heavy atom. The van der Waals surface area contributed by atoms with Crippen molar-refractivity contribution in [3.8, 4) is 11.8 Å². The lowest BCUT2D eigenvalue weighted by Crippen LogP contribution is -2.50. The first-order valence-electron chi connectivity index (χ1n) is 12.5. The third-order valence-electron chi connectivity index (χ3n) is 6.86. The second-order valence-electron chi connectivity index (χ2n) is 9.54. The number of nitrogens with zero attached hydrogens (tertiary/aromatic N) is 4. The van der Waals surface area contributed by atoms with Crippen molar-refractivity contribution in [1.82, 2.24) is 9.88 Å². The number of hydrogen-bond acceptors (Lipinski definition) is 6. The molecule has 7 nitrogen and oxygen atoms in total. The third-order valence-corrected chi connectivity index (χ3v) is 7.14. The van der Waals surface area contributed by atoms with E-state index < -0.39 is 29.0 Å². The molecule has 216 valence electrons. The number of alkyl halides is 6. The fraction of sp³-hybridized carbons (Fsp3) is 0.500. The predicted octanol–water partition coefficient (Wildman–Crippen LogP) is 5.70. The van der Waals surface area contributed by atoms with Crippen molar-refractivity contribution in [2.24, 2.45) is 0 Å². The number of nitriles is 1. The van der Waals surface area contributed by atoms with Crippen LogP contribution in [-0.2, 0) is 21.9 Å². The van der Waals surface area contributed by atoms with Crippen LogP contribution in [0.15, 0.2) is 30.5 Å². The summed E-state index contributed by atoms with van der Waals surface area (Å²) in [5.41, 5.74) is -2.44. The largest absolute Gasteiger partial charge is 0.490 e. The molecule has 2 heterocycles. The van der Waals surface area contributed by atoms with Gasteiger partial charge in [-0.2, -0.15) is 31.6 Å². The van der Waals surface area contributed by atoms with Gasteiger partial charge < -0.3 is 19.3 Å². The van der Waals surface area contributed by atoms with Crippen molar-refractivity contribution >= 4 is 23.3 Å². The SMILES string of the molecule is N#Cc1ccc(O[C@H]2CC[C@H](OCC(=O)N3CCN(c4ncc(C(F)(F)F)cc4Cl)CC3)CC2)cc1C(F)(F)F. The molecule has 1 aliphatic heterocycles. The third kappa shape index (κ3) is 7.28. The Labute approximate surface area is 231 Å².